The van der Waals surface area contributed by atoms with Crippen LogP contribution in [0, 0.1) is 5.41 Å². The van der Waals surface area contributed by atoms with Crippen LogP contribution in [0.4, 0.5) is 0 Å². The predicted octanol–water partition coefficient (Wildman–Crippen LogP) is 2.78. The number of amides is 1. The molecule has 6 heteroatoms. The molecule has 0 atom stereocenters. The van der Waals surface area contributed by atoms with Gasteiger partial charge in [0.05, 0.1) is 13.7 Å². The highest BCUT2D eigenvalue weighted by Crippen LogP contribution is 2.26. The molecular weight excluding hydrogens is 328 g/mol. The standard InChI is InChI=1S/C18H28N2O3.ClH/c1-18(9-11-19-12-10-18)14-20-17(21)4-3-13-23-16-7-5-15(22-2)6-8-16;/h5-8,19H,3-4,9-14H2,1-2H3,(H,20,21);1H. The molecule has 1 heterocycles. The SMILES string of the molecule is COc1ccc(OCCCC(=O)NCC2(C)CCNCC2)cc1.Cl. The second kappa shape index (κ2) is 10.4. The minimum absolute atomic E-state index is 0. The highest BCUT2D eigenvalue weighted by molar-refractivity contribution is 5.85. The predicted molar refractivity (Wildman–Crippen MR) is 98.2 cm³/mol. The van der Waals surface area contributed by atoms with E-state index in [0.717, 1.165) is 50.4 Å². The van der Waals surface area contributed by atoms with Gasteiger partial charge in [-0.2, -0.15) is 0 Å². The number of rotatable bonds is 8. The lowest BCUT2D eigenvalue weighted by Gasteiger charge is -2.34. The first-order valence-electron chi connectivity index (χ1n) is 8.36. The number of hydrogen-bond acceptors (Lipinski definition) is 4. The molecule has 0 radical (unpaired) electrons. The first-order valence-corrected chi connectivity index (χ1v) is 8.36. The molecule has 1 fully saturated rings. The Balaban J connectivity index is 0.00000288. The van der Waals surface area contributed by atoms with Gasteiger partial charge in [0.1, 0.15) is 11.5 Å². The van der Waals surface area contributed by atoms with E-state index in [2.05, 4.69) is 17.6 Å². The lowest BCUT2D eigenvalue weighted by atomic mass is 9.81. The summed E-state index contributed by atoms with van der Waals surface area (Å²) in [6.45, 7) is 5.65. The molecule has 136 valence electrons. The van der Waals surface area contributed by atoms with E-state index in [1.807, 2.05) is 24.3 Å². The zero-order valence-corrected chi connectivity index (χ0v) is 15.4. The lowest BCUT2D eigenvalue weighted by molar-refractivity contribution is -0.121. The third-order valence-electron chi connectivity index (χ3n) is 4.40. The van der Waals surface area contributed by atoms with E-state index in [-0.39, 0.29) is 23.7 Å². The zero-order valence-electron chi connectivity index (χ0n) is 14.6. The van der Waals surface area contributed by atoms with Gasteiger partial charge in [0.15, 0.2) is 0 Å². The Morgan fingerprint density at radius 2 is 1.83 bits per heavy atom. The van der Waals surface area contributed by atoms with Gasteiger partial charge in [0.2, 0.25) is 5.91 Å². The second-order valence-corrected chi connectivity index (χ2v) is 6.46. The van der Waals surface area contributed by atoms with Gasteiger partial charge in [-0.3, -0.25) is 4.79 Å². The molecule has 1 aromatic rings. The van der Waals surface area contributed by atoms with Gasteiger partial charge in [-0.25, -0.2) is 0 Å². The van der Waals surface area contributed by atoms with Gasteiger partial charge in [-0.15, -0.1) is 12.4 Å². The monoisotopic (exact) mass is 356 g/mol. The van der Waals surface area contributed by atoms with Crippen LogP contribution in [0.25, 0.3) is 0 Å². The van der Waals surface area contributed by atoms with Crippen molar-refractivity contribution in [1.82, 2.24) is 10.6 Å². The molecule has 0 aliphatic carbocycles. The average molecular weight is 357 g/mol. The van der Waals surface area contributed by atoms with Gasteiger partial charge in [-0.05, 0) is 62.0 Å². The van der Waals surface area contributed by atoms with E-state index < -0.39 is 0 Å². The summed E-state index contributed by atoms with van der Waals surface area (Å²) in [4.78, 5) is 11.9. The number of carbonyl (C=O) groups excluding carboxylic acids is 1. The summed E-state index contributed by atoms with van der Waals surface area (Å²) < 4.78 is 10.7. The molecule has 1 aliphatic rings. The molecule has 2 rings (SSSR count). The molecular formula is C18H29ClN2O3. The summed E-state index contributed by atoms with van der Waals surface area (Å²) in [5, 5.41) is 6.42. The Hall–Kier alpha value is -1.46. The van der Waals surface area contributed by atoms with E-state index >= 15 is 0 Å². The van der Waals surface area contributed by atoms with E-state index in [1.165, 1.54) is 0 Å². The van der Waals surface area contributed by atoms with Crippen molar-refractivity contribution in [2.75, 3.05) is 33.4 Å². The van der Waals surface area contributed by atoms with Crippen LogP contribution in [0.15, 0.2) is 24.3 Å². The molecule has 2 N–H and O–H groups in total. The van der Waals surface area contributed by atoms with Crippen molar-refractivity contribution < 1.29 is 14.3 Å². The van der Waals surface area contributed by atoms with Crippen LogP contribution in [0.5, 0.6) is 11.5 Å². The summed E-state index contributed by atoms with van der Waals surface area (Å²) in [6.07, 6.45) is 3.46. The molecule has 0 spiro atoms. The van der Waals surface area contributed by atoms with Crippen LogP contribution >= 0.6 is 12.4 Å². The number of hydrogen-bond donors (Lipinski definition) is 2. The largest absolute Gasteiger partial charge is 0.497 e. The molecule has 0 bridgehead atoms. The van der Waals surface area contributed by atoms with Gasteiger partial charge in [0.25, 0.3) is 0 Å². The Morgan fingerprint density at radius 3 is 2.46 bits per heavy atom. The number of ether oxygens (including phenoxy) is 2. The molecule has 24 heavy (non-hydrogen) atoms. The van der Waals surface area contributed by atoms with Crippen LogP contribution in [-0.4, -0.2) is 39.3 Å². The summed E-state index contributed by atoms with van der Waals surface area (Å²) >= 11 is 0. The third kappa shape index (κ3) is 6.97. The number of halogens is 1. The first-order chi connectivity index (χ1) is 11.1. The quantitative estimate of drug-likeness (QED) is 0.703. The Labute approximate surface area is 150 Å². The molecule has 1 saturated heterocycles. The van der Waals surface area contributed by atoms with Crippen LogP contribution in [-0.2, 0) is 4.79 Å². The van der Waals surface area contributed by atoms with Crippen molar-refractivity contribution in [1.29, 1.82) is 0 Å². The topological polar surface area (TPSA) is 59.6 Å². The summed E-state index contributed by atoms with van der Waals surface area (Å²) in [5.74, 6) is 1.72. The van der Waals surface area contributed by atoms with Gasteiger partial charge in [0, 0.05) is 13.0 Å². The highest BCUT2D eigenvalue weighted by Gasteiger charge is 2.26. The Morgan fingerprint density at radius 1 is 1.21 bits per heavy atom. The molecule has 1 aromatic carbocycles. The zero-order chi connectivity index (χ0) is 16.5. The fraction of sp³-hybridized carbons (Fsp3) is 0.611. The molecule has 0 saturated carbocycles. The summed E-state index contributed by atoms with van der Waals surface area (Å²) in [5.41, 5.74) is 0.237. The number of nitrogens with one attached hydrogen (secondary N) is 2. The molecule has 1 amide bonds. The van der Waals surface area contributed by atoms with Crippen LogP contribution in [0.2, 0.25) is 0 Å². The number of benzene rings is 1. The minimum Gasteiger partial charge on any atom is -0.497 e. The van der Waals surface area contributed by atoms with Crippen molar-refractivity contribution in [3.05, 3.63) is 24.3 Å². The summed E-state index contributed by atoms with van der Waals surface area (Å²) in [6, 6.07) is 7.47. The molecule has 5 nitrogen and oxygen atoms in total. The lowest BCUT2D eigenvalue weighted by Crippen LogP contribution is -2.42. The van der Waals surface area contributed by atoms with Gasteiger partial charge >= 0.3 is 0 Å². The normalized spacial score (nSPS) is 15.9. The van der Waals surface area contributed by atoms with Crippen molar-refractivity contribution in [3.63, 3.8) is 0 Å². The summed E-state index contributed by atoms with van der Waals surface area (Å²) in [7, 11) is 1.64. The van der Waals surface area contributed by atoms with Gasteiger partial charge < -0.3 is 20.1 Å². The number of piperidine rings is 1. The smallest absolute Gasteiger partial charge is 0.220 e. The maximum atomic E-state index is 11.9. The van der Waals surface area contributed by atoms with Crippen LogP contribution < -0.4 is 20.1 Å². The van der Waals surface area contributed by atoms with Crippen LogP contribution in [0.3, 0.4) is 0 Å². The van der Waals surface area contributed by atoms with E-state index in [4.69, 9.17) is 9.47 Å². The molecule has 0 unspecified atom stereocenters. The van der Waals surface area contributed by atoms with E-state index in [0.29, 0.717) is 13.0 Å². The fourth-order valence-corrected chi connectivity index (χ4v) is 2.70. The van der Waals surface area contributed by atoms with Crippen molar-refractivity contribution >= 4 is 18.3 Å². The maximum Gasteiger partial charge on any atom is 0.220 e. The Kier molecular flexibility index (Phi) is 8.93. The first kappa shape index (κ1) is 20.6. The van der Waals surface area contributed by atoms with E-state index in [9.17, 15) is 4.79 Å². The average Bonchev–Trinajstić information content (AvgIpc) is 2.58. The van der Waals surface area contributed by atoms with Crippen molar-refractivity contribution in [2.24, 2.45) is 5.41 Å². The molecule has 0 aromatic heterocycles. The fourth-order valence-electron chi connectivity index (χ4n) is 2.70. The van der Waals surface area contributed by atoms with Crippen LogP contribution in [0.1, 0.15) is 32.6 Å². The van der Waals surface area contributed by atoms with Crippen molar-refractivity contribution in [2.45, 2.75) is 32.6 Å². The van der Waals surface area contributed by atoms with Gasteiger partial charge in [-0.1, -0.05) is 6.92 Å². The minimum atomic E-state index is 0. The number of methoxy groups -OCH3 is 1. The van der Waals surface area contributed by atoms with E-state index in [1.54, 1.807) is 7.11 Å². The highest BCUT2D eigenvalue weighted by atomic mass is 35.5. The Bertz CT molecular complexity index is 488. The second-order valence-electron chi connectivity index (χ2n) is 6.46. The number of carbonyl (C=O) groups is 1. The maximum absolute atomic E-state index is 11.9. The van der Waals surface area contributed by atoms with Crippen molar-refractivity contribution in [3.8, 4) is 11.5 Å². The third-order valence-corrected chi connectivity index (χ3v) is 4.40. The molecule has 1 aliphatic heterocycles.